The summed E-state index contributed by atoms with van der Waals surface area (Å²) in [7, 11) is 0. The van der Waals surface area contributed by atoms with Gasteiger partial charge in [0, 0.05) is 16.5 Å². The van der Waals surface area contributed by atoms with E-state index in [1.165, 1.54) is 49.0 Å². The van der Waals surface area contributed by atoms with Crippen LogP contribution in [0.4, 0.5) is 0 Å². The Morgan fingerprint density at radius 1 is 0.419 bits per heavy atom. The zero-order chi connectivity index (χ0) is 29.1. The van der Waals surface area contributed by atoms with Crippen LogP contribution in [0.15, 0.2) is 133 Å². The number of fused-ring (bicyclic) bond motifs is 8. The molecule has 8 rings (SSSR count). The maximum absolute atomic E-state index is 13.8. The van der Waals surface area contributed by atoms with E-state index in [9.17, 15) is 4.79 Å². The molecule has 43 heavy (non-hydrogen) atoms. The maximum atomic E-state index is 13.8. The SMILES string of the molecule is CCC1(CC)c2ccccc2C(=O)c2cc(-c3cccc(-c4ccc5c6ccccc6c6ccccc6c5c4)c3)ccc21. The van der Waals surface area contributed by atoms with Gasteiger partial charge < -0.3 is 0 Å². The Hall–Kier alpha value is -5.01. The van der Waals surface area contributed by atoms with Crippen molar-refractivity contribution < 1.29 is 4.79 Å². The average Bonchev–Trinajstić information content (AvgIpc) is 3.09. The third kappa shape index (κ3) is 3.74. The van der Waals surface area contributed by atoms with Crippen molar-refractivity contribution in [1.29, 1.82) is 0 Å². The molecule has 0 N–H and O–H groups in total. The molecule has 1 nitrogen and oxygen atoms in total. The normalized spacial score (nSPS) is 13.8. The summed E-state index contributed by atoms with van der Waals surface area (Å²) in [5.74, 6) is 0.134. The molecule has 0 unspecified atom stereocenters. The molecule has 0 saturated heterocycles. The summed E-state index contributed by atoms with van der Waals surface area (Å²) in [4.78, 5) is 13.8. The van der Waals surface area contributed by atoms with Crippen LogP contribution < -0.4 is 0 Å². The Morgan fingerprint density at radius 3 is 1.56 bits per heavy atom. The molecule has 1 heteroatoms. The van der Waals surface area contributed by atoms with Crippen LogP contribution in [0.3, 0.4) is 0 Å². The van der Waals surface area contributed by atoms with Crippen molar-refractivity contribution in [2.75, 3.05) is 0 Å². The first-order chi connectivity index (χ1) is 21.1. The molecule has 7 aromatic rings. The van der Waals surface area contributed by atoms with Gasteiger partial charge in [0.15, 0.2) is 5.78 Å². The number of carbonyl (C=O) groups is 1. The second-order valence-electron chi connectivity index (χ2n) is 11.9. The van der Waals surface area contributed by atoms with Crippen molar-refractivity contribution in [2.24, 2.45) is 0 Å². The van der Waals surface area contributed by atoms with Crippen LogP contribution in [0.2, 0.25) is 0 Å². The van der Waals surface area contributed by atoms with Crippen molar-refractivity contribution in [1.82, 2.24) is 0 Å². The molecule has 0 amide bonds. The Kier molecular flexibility index (Phi) is 5.84. The lowest BCUT2D eigenvalue weighted by Crippen LogP contribution is -2.34. The summed E-state index contributed by atoms with van der Waals surface area (Å²) in [6, 6.07) is 47.8. The Labute approximate surface area is 252 Å². The summed E-state index contributed by atoms with van der Waals surface area (Å²) in [5.41, 5.74) is 8.43. The average molecular weight is 553 g/mol. The fourth-order valence-corrected chi connectivity index (χ4v) is 7.69. The number of hydrogen-bond acceptors (Lipinski definition) is 1. The molecule has 0 heterocycles. The predicted octanol–water partition coefficient (Wildman–Crippen LogP) is 11.1. The van der Waals surface area contributed by atoms with Gasteiger partial charge in [-0.15, -0.1) is 0 Å². The van der Waals surface area contributed by atoms with Gasteiger partial charge in [-0.1, -0.05) is 129 Å². The van der Waals surface area contributed by atoms with Gasteiger partial charge in [-0.05, 0) is 96.7 Å². The van der Waals surface area contributed by atoms with E-state index in [-0.39, 0.29) is 11.2 Å². The molecule has 0 spiro atoms. The van der Waals surface area contributed by atoms with Gasteiger partial charge in [-0.3, -0.25) is 4.79 Å². The molecular formula is C42H32O. The molecule has 206 valence electrons. The van der Waals surface area contributed by atoms with E-state index >= 15 is 0 Å². The Balaban J connectivity index is 1.26. The van der Waals surface area contributed by atoms with Gasteiger partial charge in [0.2, 0.25) is 0 Å². The van der Waals surface area contributed by atoms with Gasteiger partial charge in [0.05, 0.1) is 0 Å². The third-order valence-corrected chi connectivity index (χ3v) is 9.95. The minimum Gasteiger partial charge on any atom is -0.289 e. The first kappa shape index (κ1) is 25.7. The van der Waals surface area contributed by atoms with Gasteiger partial charge in [0.1, 0.15) is 0 Å². The molecule has 0 aromatic heterocycles. The first-order valence-corrected chi connectivity index (χ1v) is 15.4. The largest absolute Gasteiger partial charge is 0.289 e. The van der Waals surface area contributed by atoms with Gasteiger partial charge in [-0.2, -0.15) is 0 Å². The lowest BCUT2D eigenvalue weighted by molar-refractivity contribution is 0.102. The molecule has 0 radical (unpaired) electrons. The molecular weight excluding hydrogens is 520 g/mol. The van der Waals surface area contributed by atoms with Gasteiger partial charge >= 0.3 is 0 Å². The zero-order valence-corrected chi connectivity index (χ0v) is 24.5. The highest BCUT2D eigenvalue weighted by Gasteiger charge is 2.41. The lowest BCUT2D eigenvalue weighted by Gasteiger charge is -2.39. The second kappa shape index (κ2) is 9.78. The molecule has 1 aliphatic rings. The first-order valence-electron chi connectivity index (χ1n) is 15.4. The molecule has 0 aliphatic heterocycles. The van der Waals surface area contributed by atoms with Gasteiger partial charge in [0.25, 0.3) is 0 Å². The number of rotatable bonds is 4. The van der Waals surface area contributed by atoms with Crippen LogP contribution in [-0.4, -0.2) is 5.78 Å². The molecule has 0 atom stereocenters. The molecule has 0 fully saturated rings. The van der Waals surface area contributed by atoms with Crippen molar-refractivity contribution in [3.8, 4) is 22.3 Å². The fraction of sp³-hybridized carbons (Fsp3) is 0.119. The minimum atomic E-state index is -0.141. The van der Waals surface area contributed by atoms with E-state index in [1.54, 1.807) is 0 Å². The summed E-state index contributed by atoms with van der Waals surface area (Å²) in [5, 5.41) is 7.68. The minimum absolute atomic E-state index is 0.134. The summed E-state index contributed by atoms with van der Waals surface area (Å²) in [6.45, 7) is 4.49. The molecule has 0 bridgehead atoms. The highest BCUT2D eigenvalue weighted by Crippen LogP contribution is 2.47. The van der Waals surface area contributed by atoms with Crippen LogP contribution >= 0.6 is 0 Å². The zero-order valence-electron chi connectivity index (χ0n) is 24.5. The maximum Gasteiger partial charge on any atom is 0.193 e. The Bertz CT molecular complexity index is 2200. The number of hydrogen-bond donors (Lipinski definition) is 0. The molecule has 7 aromatic carbocycles. The highest BCUT2D eigenvalue weighted by molar-refractivity contribution is 6.25. The third-order valence-electron chi connectivity index (χ3n) is 9.95. The molecule has 1 aliphatic carbocycles. The van der Waals surface area contributed by atoms with Crippen LogP contribution in [0, 0.1) is 0 Å². The fourth-order valence-electron chi connectivity index (χ4n) is 7.69. The van der Waals surface area contributed by atoms with E-state index in [2.05, 4.69) is 135 Å². The van der Waals surface area contributed by atoms with Crippen LogP contribution in [0.25, 0.3) is 54.6 Å². The second-order valence-corrected chi connectivity index (χ2v) is 11.9. The van der Waals surface area contributed by atoms with E-state index in [4.69, 9.17) is 0 Å². The predicted molar refractivity (Wildman–Crippen MR) is 181 cm³/mol. The quantitative estimate of drug-likeness (QED) is 0.199. The highest BCUT2D eigenvalue weighted by atomic mass is 16.1. The van der Waals surface area contributed by atoms with Gasteiger partial charge in [-0.25, -0.2) is 0 Å². The summed E-state index contributed by atoms with van der Waals surface area (Å²) >= 11 is 0. The van der Waals surface area contributed by atoms with Crippen LogP contribution in [0.1, 0.15) is 53.7 Å². The summed E-state index contributed by atoms with van der Waals surface area (Å²) in [6.07, 6.45) is 1.92. The van der Waals surface area contributed by atoms with E-state index in [0.29, 0.717) is 0 Å². The van der Waals surface area contributed by atoms with Crippen LogP contribution in [0.5, 0.6) is 0 Å². The van der Waals surface area contributed by atoms with Crippen molar-refractivity contribution in [2.45, 2.75) is 32.1 Å². The van der Waals surface area contributed by atoms with Crippen LogP contribution in [-0.2, 0) is 5.41 Å². The summed E-state index contributed by atoms with van der Waals surface area (Å²) < 4.78 is 0. The van der Waals surface area contributed by atoms with Crippen molar-refractivity contribution in [3.05, 3.63) is 156 Å². The van der Waals surface area contributed by atoms with E-state index in [0.717, 1.165) is 40.7 Å². The van der Waals surface area contributed by atoms with E-state index < -0.39 is 0 Å². The monoisotopic (exact) mass is 552 g/mol. The Morgan fingerprint density at radius 2 is 0.907 bits per heavy atom. The number of benzene rings is 7. The van der Waals surface area contributed by atoms with E-state index in [1.807, 2.05) is 12.1 Å². The topological polar surface area (TPSA) is 17.1 Å². The van der Waals surface area contributed by atoms with Crippen molar-refractivity contribution >= 4 is 38.1 Å². The van der Waals surface area contributed by atoms with Crippen molar-refractivity contribution in [3.63, 3.8) is 0 Å². The smallest absolute Gasteiger partial charge is 0.193 e. The number of ketones is 1. The standard InChI is InChI=1S/C42H32O/c1-3-42(4-2)39-19-10-9-18-36(39)41(43)38-26-30(21-23-40(38)42)28-13-11-12-27(24-28)29-20-22-35-33-16-6-5-14-31(33)32-15-7-8-17-34(32)37(35)25-29/h5-26H,3-4H2,1-2H3. The molecule has 0 saturated carbocycles. The lowest BCUT2D eigenvalue weighted by atomic mass is 9.63. The number of carbonyl (C=O) groups excluding carboxylic acids is 1.